The summed E-state index contributed by atoms with van der Waals surface area (Å²) in [5.74, 6) is -1.05. The largest absolute Gasteiger partial charge is 0.449 e. The molecule has 0 fully saturated rings. The second-order valence-corrected chi connectivity index (χ2v) is 6.63. The Balaban J connectivity index is 2.73. The number of esters is 1. The van der Waals surface area contributed by atoms with Gasteiger partial charge in [0.1, 0.15) is 0 Å². The van der Waals surface area contributed by atoms with E-state index in [0.717, 1.165) is 6.42 Å². The number of rotatable bonds is 8. The Morgan fingerprint density at radius 1 is 1.17 bits per heavy atom. The Morgan fingerprint density at radius 3 is 2.30 bits per heavy atom. The number of benzene rings is 1. The number of sulfonamides is 1. The lowest BCUT2D eigenvalue weighted by Crippen LogP contribution is -2.36. The van der Waals surface area contributed by atoms with Crippen LogP contribution in [0.15, 0.2) is 29.2 Å². The molecule has 0 unspecified atom stereocenters. The zero-order valence-corrected chi connectivity index (χ0v) is 14.3. The van der Waals surface area contributed by atoms with Crippen molar-refractivity contribution >= 4 is 21.9 Å². The van der Waals surface area contributed by atoms with Gasteiger partial charge in [0.05, 0.1) is 10.5 Å². The van der Waals surface area contributed by atoms with Gasteiger partial charge in [-0.2, -0.15) is 0 Å². The first kappa shape index (κ1) is 19.1. The third kappa shape index (κ3) is 5.65. The number of nitrogens with one attached hydrogen (secondary N) is 2. The monoisotopic (exact) mass is 342 g/mol. The maximum Gasteiger partial charge on any atom is 0.338 e. The van der Waals surface area contributed by atoms with Crippen molar-refractivity contribution in [1.82, 2.24) is 10.0 Å². The van der Waals surface area contributed by atoms with E-state index in [1.54, 1.807) is 6.92 Å². The molecule has 2 N–H and O–H groups in total. The fourth-order valence-electron chi connectivity index (χ4n) is 1.72. The van der Waals surface area contributed by atoms with E-state index in [9.17, 15) is 18.0 Å². The average molecular weight is 342 g/mol. The first-order valence-electron chi connectivity index (χ1n) is 7.40. The van der Waals surface area contributed by atoms with Crippen molar-refractivity contribution in [1.29, 1.82) is 0 Å². The highest BCUT2D eigenvalue weighted by Crippen LogP contribution is 2.12. The van der Waals surface area contributed by atoms with Crippen molar-refractivity contribution < 1.29 is 22.7 Å². The molecule has 0 saturated carbocycles. The lowest BCUT2D eigenvalue weighted by Gasteiger charge is -2.13. The maximum atomic E-state index is 12.0. The van der Waals surface area contributed by atoms with E-state index < -0.39 is 22.1 Å². The zero-order valence-electron chi connectivity index (χ0n) is 13.5. The molecule has 1 amide bonds. The smallest absolute Gasteiger partial charge is 0.338 e. The highest BCUT2D eigenvalue weighted by atomic mass is 32.2. The molecule has 23 heavy (non-hydrogen) atoms. The van der Waals surface area contributed by atoms with Crippen molar-refractivity contribution in [2.24, 2.45) is 0 Å². The first-order chi connectivity index (χ1) is 10.8. The third-order valence-electron chi connectivity index (χ3n) is 2.94. The van der Waals surface area contributed by atoms with E-state index in [-0.39, 0.29) is 22.9 Å². The van der Waals surface area contributed by atoms with Gasteiger partial charge in [0, 0.05) is 13.1 Å². The van der Waals surface area contributed by atoms with Gasteiger partial charge in [0.25, 0.3) is 5.91 Å². The quantitative estimate of drug-likeness (QED) is 0.688. The predicted molar refractivity (Wildman–Crippen MR) is 85.5 cm³/mol. The van der Waals surface area contributed by atoms with Gasteiger partial charge in [-0.05, 0) is 37.6 Å². The van der Waals surface area contributed by atoms with Crippen LogP contribution in [0.25, 0.3) is 0 Å². The molecule has 0 aliphatic heterocycles. The number of hydrogen-bond acceptors (Lipinski definition) is 5. The minimum atomic E-state index is -3.57. The van der Waals surface area contributed by atoms with Crippen molar-refractivity contribution in [3.63, 3.8) is 0 Å². The summed E-state index contributed by atoms with van der Waals surface area (Å²) in [6.07, 6.45) is -0.132. The van der Waals surface area contributed by atoms with E-state index in [1.165, 1.54) is 31.2 Å². The molecule has 0 bridgehead atoms. The maximum absolute atomic E-state index is 12.0. The molecule has 0 heterocycles. The van der Waals surface area contributed by atoms with Gasteiger partial charge in [-0.25, -0.2) is 17.9 Å². The highest BCUT2D eigenvalue weighted by Gasteiger charge is 2.19. The van der Waals surface area contributed by atoms with Gasteiger partial charge in [0.2, 0.25) is 10.0 Å². The molecule has 1 rings (SSSR count). The SMILES string of the molecule is CCCNC(=O)[C@H](C)OC(=O)c1ccc(S(=O)(=O)NCC)cc1. The number of ether oxygens (including phenoxy) is 1. The van der Waals surface area contributed by atoms with Gasteiger partial charge in [-0.3, -0.25) is 4.79 Å². The molecule has 1 aromatic carbocycles. The van der Waals surface area contributed by atoms with Crippen LogP contribution in [-0.4, -0.2) is 39.5 Å². The lowest BCUT2D eigenvalue weighted by atomic mass is 10.2. The summed E-state index contributed by atoms with van der Waals surface area (Å²) in [6, 6.07) is 5.33. The minimum Gasteiger partial charge on any atom is -0.449 e. The number of carbonyl (C=O) groups excluding carboxylic acids is 2. The molecule has 0 spiro atoms. The van der Waals surface area contributed by atoms with Gasteiger partial charge in [-0.15, -0.1) is 0 Å². The van der Waals surface area contributed by atoms with Gasteiger partial charge < -0.3 is 10.1 Å². The van der Waals surface area contributed by atoms with Crippen LogP contribution in [0.4, 0.5) is 0 Å². The van der Waals surface area contributed by atoms with Crippen molar-refractivity contribution in [3.05, 3.63) is 29.8 Å². The van der Waals surface area contributed by atoms with E-state index >= 15 is 0 Å². The van der Waals surface area contributed by atoms with E-state index in [2.05, 4.69) is 10.0 Å². The Bertz CT molecular complexity index is 640. The zero-order chi connectivity index (χ0) is 17.5. The predicted octanol–water partition coefficient (Wildman–Crippen LogP) is 1.06. The van der Waals surface area contributed by atoms with Crippen molar-refractivity contribution in [2.45, 2.75) is 38.2 Å². The van der Waals surface area contributed by atoms with Crippen LogP contribution in [0.3, 0.4) is 0 Å². The van der Waals surface area contributed by atoms with Crippen LogP contribution >= 0.6 is 0 Å². The van der Waals surface area contributed by atoms with E-state index in [0.29, 0.717) is 6.54 Å². The molecule has 0 aliphatic carbocycles. The Kier molecular flexibility index (Phi) is 7.18. The van der Waals surface area contributed by atoms with Crippen molar-refractivity contribution in [2.75, 3.05) is 13.1 Å². The molecule has 8 heteroatoms. The normalized spacial score (nSPS) is 12.5. The van der Waals surface area contributed by atoms with Crippen LogP contribution in [0.5, 0.6) is 0 Å². The summed E-state index contributed by atoms with van der Waals surface area (Å²) in [5.41, 5.74) is 0.176. The minimum absolute atomic E-state index is 0.0598. The summed E-state index contributed by atoms with van der Waals surface area (Å²) in [4.78, 5) is 23.7. The fourth-order valence-corrected chi connectivity index (χ4v) is 2.76. The van der Waals surface area contributed by atoms with E-state index in [4.69, 9.17) is 4.74 Å². The molecule has 1 atom stereocenters. The molecular formula is C15H22N2O5S. The molecule has 0 aliphatic rings. The number of hydrogen-bond donors (Lipinski definition) is 2. The molecule has 128 valence electrons. The molecule has 0 aromatic heterocycles. The van der Waals surface area contributed by atoms with Gasteiger partial charge >= 0.3 is 5.97 Å². The summed E-state index contributed by atoms with van der Waals surface area (Å²) in [6.45, 7) is 5.86. The van der Waals surface area contributed by atoms with Crippen LogP contribution in [0.1, 0.15) is 37.6 Å². The fraction of sp³-hybridized carbons (Fsp3) is 0.467. The second kappa shape index (κ2) is 8.64. The molecular weight excluding hydrogens is 320 g/mol. The summed E-state index contributed by atoms with van der Waals surface area (Å²) in [5, 5.41) is 2.63. The van der Waals surface area contributed by atoms with Gasteiger partial charge in [0.15, 0.2) is 6.10 Å². The first-order valence-corrected chi connectivity index (χ1v) is 8.88. The third-order valence-corrected chi connectivity index (χ3v) is 4.50. The molecule has 0 saturated heterocycles. The second-order valence-electron chi connectivity index (χ2n) is 4.86. The van der Waals surface area contributed by atoms with Crippen molar-refractivity contribution in [3.8, 4) is 0 Å². The topological polar surface area (TPSA) is 102 Å². The number of amides is 1. The Labute approximate surface area is 136 Å². The molecule has 7 nitrogen and oxygen atoms in total. The van der Waals surface area contributed by atoms with Crippen LogP contribution < -0.4 is 10.0 Å². The lowest BCUT2D eigenvalue weighted by molar-refractivity contribution is -0.129. The molecule has 1 aromatic rings. The van der Waals surface area contributed by atoms with Gasteiger partial charge in [-0.1, -0.05) is 13.8 Å². The molecule has 0 radical (unpaired) electrons. The summed E-state index contributed by atoms with van der Waals surface area (Å²) in [7, 11) is -3.57. The average Bonchev–Trinajstić information content (AvgIpc) is 2.52. The Hall–Kier alpha value is -1.93. The number of carbonyl (C=O) groups is 2. The van der Waals surface area contributed by atoms with E-state index in [1.807, 2.05) is 6.92 Å². The summed E-state index contributed by atoms with van der Waals surface area (Å²) >= 11 is 0. The van der Waals surface area contributed by atoms with Crippen LogP contribution in [-0.2, 0) is 19.6 Å². The van der Waals surface area contributed by atoms with Crippen LogP contribution in [0, 0.1) is 0 Å². The van der Waals surface area contributed by atoms with Crippen LogP contribution in [0.2, 0.25) is 0 Å². The standard InChI is InChI=1S/C15H22N2O5S/c1-4-10-16-14(18)11(3)22-15(19)12-6-8-13(9-7-12)23(20,21)17-5-2/h6-9,11,17H,4-5,10H2,1-3H3,(H,16,18)/t11-/m0/s1. The Morgan fingerprint density at radius 2 is 1.78 bits per heavy atom. The highest BCUT2D eigenvalue weighted by molar-refractivity contribution is 7.89. The summed E-state index contributed by atoms with van der Waals surface area (Å²) < 4.78 is 31.0.